The Morgan fingerprint density at radius 2 is 1.68 bits per heavy atom. The normalized spacial score (nSPS) is 15.5. The average Bonchev–Trinajstić information content (AvgIpc) is 2.49. The Hall–Kier alpha value is -1.75. The van der Waals surface area contributed by atoms with E-state index in [1.807, 2.05) is 36.0 Å². The predicted octanol–water partition coefficient (Wildman–Crippen LogP) is 2.40. The van der Waals surface area contributed by atoms with Gasteiger partial charge in [0.15, 0.2) is 5.82 Å². The first-order chi connectivity index (χ1) is 9.33. The molecule has 4 nitrogen and oxygen atoms in total. The lowest BCUT2D eigenvalue weighted by Gasteiger charge is -2.26. The highest BCUT2D eigenvalue weighted by Crippen LogP contribution is 2.22. The molecular formula is C14H15N3OS. The van der Waals surface area contributed by atoms with E-state index in [2.05, 4.69) is 15.1 Å². The fourth-order valence-electron chi connectivity index (χ4n) is 2.07. The Bertz CT molecular complexity index is 536. The smallest absolute Gasteiger partial charge is 0.151 e. The Morgan fingerprint density at radius 1 is 0.947 bits per heavy atom. The maximum atomic E-state index is 9.27. The van der Waals surface area contributed by atoms with E-state index < -0.39 is 0 Å². The van der Waals surface area contributed by atoms with Crippen LogP contribution >= 0.6 is 11.8 Å². The molecule has 0 radical (unpaired) electrons. The second kappa shape index (κ2) is 5.48. The highest BCUT2D eigenvalue weighted by atomic mass is 32.2. The van der Waals surface area contributed by atoms with Crippen LogP contribution in [0.5, 0.6) is 5.75 Å². The van der Waals surface area contributed by atoms with Gasteiger partial charge in [0.1, 0.15) is 5.75 Å². The lowest BCUT2D eigenvalue weighted by atomic mass is 10.1. The molecule has 1 fully saturated rings. The summed E-state index contributed by atoms with van der Waals surface area (Å²) in [5, 5.41) is 17.9. The van der Waals surface area contributed by atoms with Crippen molar-refractivity contribution in [3.63, 3.8) is 0 Å². The van der Waals surface area contributed by atoms with Crippen LogP contribution in [0.2, 0.25) is 0 Å². The van der Waals surface area contributed by atoms with Crippen molar-refractivity contribution in [2.75, 3.05) is 29.5 Å². The number of aromatic hydroxyl groups is 1. The minimum atomic E-state index is 0.263. The van der Waals surface area contributed by atoms with Crippen molar-refractivity contribution in [3.8, 4) is 17.0 Å². The standard InChI is InChI=1S/C14H15N3OS/c18-12-3-1-11(2-4-12)13-5-6-14(16-15-13)17-7-9-19-10-8-17/h1-6,18H,7-10H2. The summed E-state index contributed by atoms with van der Waals surface area (Å²) in [4.78, 5) is 2.27. The van der Waals surface area contributed by atoms with Crippen LogP contribution in [0.3, 0.4) is 0 Å². The molecule has 2 aromatic rings. The van der Waals surface area contributed by atoms with Crippen LogP contribution < -0.4 is 4.90 Å². The number of rotatable bonds is 2. The van der Waals surface area contributed by atoms with Crippen molar-refractivity contribution >= 4 is 17.6 Å². The average molecular weight is 273 g/mol. The van der Waals surface area contributed by atoms with Crippen LogP contribution in [-0.2, 0) is 0 Å². The van der Waals surface area contributed by atoms with Gasteiger partial charge in [-0.2, -0.15) is 11.8 Å². The first kappa shape index (κ1) is 12.3. The van der Waals surface area contributed by atoms with E-state index in [4.69, 9.17) is 0 Å². The Balaban J connectivity index is 1.80. The maximum Gasteiger partial charge on any atom is 0.151 e. The minimum absolute atomic E-state index is 0.263. The van der Waals surface area contributed by atoms with Crippen molar-refractivity contribution in [3.05, 3.63) is 36.4 Å². The van der Waals surface area contributed by atoms with Crippen molar-refractivity contribution < 1.29 is 5.11 Å². The van der Waals surface area contributed by atoms with Gasteiger partial charge in [-0.15, -0.1) is 10.2 Å². The monoisotopic (exact) mass is 273 g/mol. The van der Waals surface area contributed by atoms with E-state index in [0.717, 1.165) is 41.7 Å². The third-order valence-electron chi connectivity index (χ3n) is 3.15. The summed E-state index contributed by atoms with van der Waals surface area (Å²) in [5.74, 6) is 3.52. The van der Waals surface area contributed by atoms with Crippen molar-refractivity contribution in [2.24, 2.45) is 0 Å². The second-order valence-electron chi connectivity index (χ2n) is 4.42. The van der Waals surface area contributed by atoms with E-state index in [0.29, 0.717) is 0 Å². The molecule has 1 N–H and O–H groups in total. The molecule has 0 aliphatic carbocycles. The van der Waals surface area contributed by atoms with Gasteiger partial charge in [-0.25, -0.2) is 0 Å². The van der Waals surface area contributed by atoms with Crippen molar-refractivity contribution in [1.29, 1.82) is 0 Å². The lowest BCUT2D eigenvalue weighted by molar-refractivity contribution is 0.475. The number of aromatic nitrogens is 2. The molecule has 3 rings (SSSR count). The molecule has 1 saturated heterocycles. The molecule has 0 saturated carbocycles. The second-order valence-corrected chi connectivity index (χ2v) is 5.65. The van der Waals surface area contributed by atoms with Gasteiger partial charge in [0.05, 0.1) is 5.69 Å². The van der Waals surface area contributed by atoms with Crippen LogP contribution in [0, 0.1) is 0 Å². The largest absolute Gasteiger partial charge is 0.508 e. The van der Waals surface area contributed by atoms with E-state index in [9.17, 15) is 5.11 Å². The highest BCUT2D eigenvalue weighted by Gasteiger charge is 2.12. The van der Waals surface area contributed by atoms with Gasteiger partial charge >= 0.3 is 0 Å². The summed E-state index contributed by atoms with van der Waals surface area (Å²) in [6, 6.07) is 11.0. The SMILES string of the molecule is Oc1ccc(-c2ccc(N3CCSCC3)nn2)cc1. The van der Waals surface area contributed by atoms with Gasteiger partial charge in [0, 0.05) is 30.2 Å². The summed E-state index contributed by atoms with van der Waals surface area (Å²) in [6.07, 6.45) is 0. The molecule has 0 bridgehead atoms. The van der Waals surface area contributed by atoms with Crippen LogP contribution in [0.4, 0.5) is 5.82 Å². The molecule has 1 aromatic heterocycles. The zero-order chi connectivity index (χ0) is 13.1. The number of hydrogen-bond acceptors (Lipinski definition) is 5. The minimum Gasteiger partial charge on any atom is -0.508 e. The van der Waals surface area contributed by atoms with Gasteiger partial charge < -0.3 is 10.0 Å². The van der Waals surface area contributed by atoms with Gasteiger partial charge in [-0.3, -0.25) is 0 Å². The van der Waals surface area contributed by atoms with Crippen LogP contribution in [0.25, 0.3) is 11.3 Å². The van der Waals surface area contributed by atoms with Gasteiger partial charge in [-0.1, -0.05) is 0 Å². The molecule has 19 heavy (non-hydrogen) atoms. The molecule has 0 atom stereocenters. The summed E-state index contributed by atoms with van der Waals surface area (Å²) in [6.45, 7) is 2.08. The van der Waals surface area contributed by atoms with E-state index >= 15 is 0 Å². The molecule has 0 spiro atoms. The number of nitrogens with zero attached hydrogens (tertiary/aromatic N) is 3. The molecule has 1 aliphatic heterocycles. The summed E-state index contributed by atoms with van der Waals surface area (Å²) < 4.78 is 0. The number of anilines is 1. The fraction of sp³-hybridized carbons (Fsp3) is 0.286. The summed E-state index contributed by atoms with van der Waals surface area (Å²) in [5.41, 5.74) is 1.79. The van der Waals surface area contributed by atoms with Crippen molar-refractivity contribution in [1.82, 2.24) is 10.2 Å². The zero-order valence-corrected chi connectivity index (χ0v) is 11.3. The van der Waals surface area contributed by atoms with Gasteiger partial charge in [-0.05, 0) is 36.4 Å². The maximum absolute atomic E-state index is 9.27. The van der Waals surface area contributed by atoms with E-state index in [-0.39, 0.29) is 5.75 Å². The number of phenolic OH excluding ortho intramolecular Hbond substituents is 1. The van der Waals surface area contributed by atoms with Gasteiger partial charge in [0.2, 0.25) is 0 Å². The van der Waals surface area contributed by atoms with E-state index in [1.54, 1.807) is 12.1 Å². The molecule has 1 aromatic carbocycles. The fourth-order valence-corrected chi connectivity index (χ4v) is 2.98. The molecule has 0 amide bonds. The van der Waals surface area contributed by atoms with Gasteiger partial charge in [0.25, 0.3) is 0 Å². The quantitative estimate of drug-likeness (QED) is 0.910. The molecule has 98 valence electrons. The number of benzene rings is 1. The number of phenols is 1. The molecule has 1 aliphatic rings. The molecule has 5 heteroatoms. The van der Waals surface area contributed by atoms with Crippen LogP contribution in [-0.4, -0.2) is 39.9 Å². The molecule has 0 unspecified atom stereocenters. The Kier molecular flexibility index (Phi) is 3.55. The first-order valence-electron chi connectivity index (χ1n) is 6.29. The third-order valence-corrected chi connectivity index (χ3v) is 4.09. The number of thioether (sulfide) groups is 1. The van der Waals surface area contributed by atoms with E-state index in [1.165, 1.54) is 0 Å². The van der Waals surface area contributed by atoms with Crippen molar-refractivity contribution in [2.45, 2.75) is 0 Å². The number of hydrogen-bond donors (Lipinski definition) is 1. The highest BCUT2D eigenvalue weighted by molar-refractivity contribution is 7.99. The predicted molar refractivity (Wildman–Crippen MR) is 78.7 cm³/mol. The Labute approximate surface area is 116 Å². The van der Waals surface area contributed by atoms with Crippen LogP contribution in [0.15, 0.2) is 36.4 Å². The topological polar surface area (TPSA) is 49.2 Å². The molecule has 2 heterocycles. The lowest BCUT2D eigenvalue weighted by Crippen LogP contribution is -2.33. The zero-order valence-electron chi connectivity index (χ0n) is 10.5. The third kappa shape index (κ3) is 2.81. The molecular weight excluding hydrogens is 258 g/mol. The first-order valence-corrected chi connectivity index (χ1v) is 7.44. The summed E-state index contributed by atoms with van der Waals surface area (Å²) in [7, 11) is 0. The van der Waals surface area contributed by atoms with Crippen LogP contribution in [0.1, 0.15) is 0 Å². The Morgan fingerprint density at radius 3 is 2.32 bits per heavy atom. The summed E-state index contributed by atoms with van der Waals surface area (Å²) >= 11 is 1.98.